The minimum Gasteiger partial charge on any atom is -0.455 e. The molecule has 2 aromatic carbocycles. The summed E-state index contributed by atoms with van der Waals surface area (Å²) in [4.78, 5) is 15.2. The predicted molar refractivity (Wildman–Crippen MR) is 129 cm³/mol. The molecule has 1 spiro atoms. The van der Waals surface area contributed by atoms with Crippen molar-refractivity contribution in [2.24, 2.45) is 9.98 Å². The maximum absolute atomic E-state index is 6.36. The number of nitrogens with zero attached hydrogens (tertiary/aromatic N) is 3. The van der Waals surface area contributed by atoms with Crippen LogP contribution < -0.4 is 0 Å². The average Bonchev–Trinajstić information content (AvgIpc) is 3.22. The van der Waals surface area contributed by atoms with Crippen molar-refractivity contribution >= 4 is 33.4 Å². The van der Waals surface area contributed by atoms with E-state index in [0.29, 0.717) is 12.5 Å². The summed E-state index contributed by atoms with van der Waals surface area (Å²) in [7, 11) is 0. The summed E-state index contributed by atoms with van der Waals surface area (Å²) in [6.07, 6.45) is 6.64. The summed E-state index contributed by atoms with van der Waals surface area (Å²) in [5.41, 5.74) is 7.88. The summed E-state index contributed by atoms with van der Waals surface area (Å²) in [6, 6.07) is 16.8. The number of benzene rings is 2. The van der Waals surface area contributed by atoms with Crippen LogP contribution in [0.5, 0.6) is 0 Å². The van der Waals surface area contributed by atoms with Crippen LogP contribution in [0.3, 0.4) is 0 Å². The topological polar surface area (TPSA) is 50.8 Å². The maximum Gasteiger partial charge on any atom is 0.148 e. The van der Waals surface area contributed by atoms with Crippen molar-refractivity contribution in [2.45, 2.75) is 23.8 Å². The zero-order valence-corrected chi connectivity index (χ0v) is 17.6. The average molecular weight is 415 g/mol. The monoisotopic (exact) mass is 415 g/mol. The zero-order chi connectivity index (χ0) is 21.4. The van der Waals surface area contributed by atoms with Gasteiger partial charge in [0.15, 0.2) is 0 Å². The number of aliphatic imine (C=N–C) groups is 2. The van der Waals surface area contributed by atoms with Gasteiger partial charge in [-0.3, -0.25) is 15.0 Å². The highest BCUT2D eigenvalue weighted by Crippen LogP contribution is 2.58. The molecule has 4 aromatic rings. The van der Waals surface area contributed by atoms with Gasteiger partial charge in [-0.05, 0) is 30.2 Å². The first kappa shape index (κ1) is 17.8. The molecule has 1 aliphatic carbocycles. The lowest BCUT2D eigenvalue weighted by atomic mass is 9.51. The molecule has 3 unspecified atom stereocenters. The molecule has 1 fully saturated rings. The molecule has 7 rings (SSSR count). The van der Waals surface area contributed by atoms with Crippen LogP contribution in [0.25, 0.3) is 21.9 Å². The molecule has 0 bridgehead atoms. The third-order valence-electron chi connectivity index (χ3n) is 7.51. The molecule has 154 valence electrons. The van der Waals surface area contributed by atoms with Crippen LogP contribution in [0.15, 0.2) is 94.4 Å². The number of furan rings is 1. The summed E-state index contributed by atoms with van der Waals surface area (Å²) in [5.74, 6) is 0.372. The van der Waals surface area contributed by atoms with Crippen molar-refractivity contribution in [3.63, 3.8) is 0 Å². The van der Waals surface area contributed by atoms with Gasteiger partial charge in [-0.2, -0.15) is 0 Å². The SMILES string of the molecule is C=CC1=NC2C(CC23CN=C(C=C)c2c3ncc3c2oc2ccccc23)c2ccccc21. The van der Waals surface area contributed by atoms with Gasteiger partial charge in [0, 0.05) is 28.5 Å². The third-order valence-corrected chi connectivity index (χ3v) is 7.51. The molecule has 2 aliphatic heterocycles. The van der Waals surface area contributed by atoms with Crippen molar-refractivity contribution in [2.75, 3.05) is 6.54 Å². The first-order valence-corrected chi connectivity index (χ1v) is 11.0. The van der Waals surface area contributed by atoms with E-state index in [1.807, 2.05) is 36.5 Å². The van der Waals surface area contributed by atoms with Crippen LogP contribution in [0, 0.1) is 0 Å². The third kappa shape index (κ3) is 2.05. The Bertz CT molecular complexity index is 1540. The minimum absolute atomic E-state index is 0.0913. The van der Waals surface area contributed by atoms with Crippen LogP contribution in [-0.4, -0.2) is 29.0 Å². The molecule has 0 saturated heterocycles. The number of hydrogen-bond acceptors (Lipinski definition) is 4. The number of fused-ring (bicyclic) bond motifs is 10. The summed E-state index contributed by atoms with van der Waals surface area (Å²) < 4.78 is 6.36. The van der Waals surface area contributed by atoms with E-state index >= 15 is 0 Å². The van der Waals surface area contributed by atoms with E-state index in [0.717, 1.165) is 51.0 Å². The Labute approximate surface area is 185 Å². The van der Waals surface area contributed by atoms with E-state index in [4.69, 9.17) is 19.4 Å². The normalized spacial score (nSPS) is 25.4. The fourth-order valence-electron chi connectivity index (χ4n) is 6.02. The highest BCUT2D eigenvalue weighted by atomic mass is 16.3. The fraction of sp³-hybridized carbons (Fsp3) is 0.179. The fourth-order valence-corrected chi connectivity index (χ4v) is 6.02. The van der Waals surface area contributed by atoms with E-state index in [-0.39, 0.29) is 11.5 Å². The second-order valence-corrected chi connectivity index (χ2v) is 8.95. The van der Waals surface area contributed by atoms with Crippen molar-refractivity contribution in [3.05, 3.63) is 102 Å². The molecule has 0 radical (unpaired) electrons. The molecule has 1 saturated carbocycles. The number of hydrogen-bond donors (Lipinski definition) is 0. The quantitative estimate of drug-likeness (QED) is 0.418. The number of para-hydroxylation sites is 1. The molecule has 4 heteroatoms. The molecule has 3 aliphatic rings. The van der Waals surface area contributed by atoms with Gasteiger partial charge in [-0.1, -0.05) is 55.6 Å². The Kier molecular flexibility index (Phi) is 3.42. The molecular weight excluding hydrogens is 394 g/mol. The largest absolute Gasteiger partial charge is 0.455 e. The maximum atomic E-state index is 6.36. The van der Waals surface area contributed by atoms with Crippen LogP contribution >= 0.6 is 0 Å². The molecule has 0 N–H and O–H groups in total. The summed E-state index contributed by atoms with van der Waals surface area (Å²) in [5, 5.41) is 2.09. The van der Waals surface area contributed by atoms with E-state index in [1.54, 1.807) is 0 Å². The van der Waals surface area contributed by atoms with Crippen LogP contribution in [0.4, 0.5) is 0 Å². The van der Waals surface area contributed by atoms with Gasteiger partial charge in [0.2, 0.25) is 0 Å². The van der Waals surface area contributed by atoms with Crippen molar-refractivity contribution in [3.8, 4) is 0 Å². The van der Waals surface area contributed by atoms with Gasteiger partial charge in [0.05, 0.1) is 40.7 Å². The van der Waals surface area contributed by atoms with E-state index < -0.39 is 0 Å². The lowest BCUT2D eigenvalue weighted by molar-refractivity contribution is 0.154. The van der Waals surface area contributed by atoms with E-state index in [1.165, 1.54) is 11.1 Å². The molecular formula is C28H21N3O. The second-order valence-electron chi connectivity index (χ2n) is 8.95. The highest BCUT2D eigenvalue weighted by molar-refractivity contribution is 6.20. The van der Waals surface area contributed by atoms with Gasteiger partial charge in [0.25, 0.3) is 0 Å². The lowest BCUT2D eigenvalue weighted by Crippen LogP contribution is -2.59. The first-order chi connectivity index (χ1) is 15.7. The molecule has 4 heterocycles. The van der Waals surface area contributed by atoms with Gasteiger partial charge < -0.3 is 4.42 Å². The Hall–Kier alpha value is -3.79. The van der Waals surface area contributed by atoms with Crippen LogP contribution in [-0.2, 0) is 5.41 Å². The second kappa shape index (κ2) is 6.13. The number of rotatable bonds is 2. The minimum atomic E-state index is -0.235. The highest BCUT2D eigenvalue weighted by Gasteiger charge is 2.60. The van der Waals surface area contributed by atoms with Gasteiger partial charge >= 0.3 is 0 Å². The smallest absolute Gasteiger partial charge is 0.148 e. The van der Waals surface area contributed by atoms with E-state index in [2.05, 4.69) is 43.5 Å². The predicted octanol–water partition coefficient (Wildman–Crippen LogP) is 5.75. The molecule has 32 heavy (non-hydrogen) atoms. The summed E-state index contributed by atoms with van der Waals surface area (Å²) >= 11 is 0. The number of allylic oxidation sites excluding steroid dienone is 2. The lowest BCUT2D eigenvalue weighted by Gasteiger charge is -2.55. The van der Waals surface area contributed by atoms with Gasteiger partial charge in [0.1, 0.15) is 11.2 Å². The van der Waals surface area contributed by atoms with Crippen LogP contribution in [0.2, 0.25) is 0 Å². The summed E-state index contributed by atoms with van der Waals surface area (Å²) in [6.45, 7) is 8.73. The molecule has 2 aromatic heterocycles. The Balaban J connectivity index is 1.48. The van der Waals surface area contributed by atoms with Crippen molar-refractivity contribution in [1.29, 1.82) is 0 Å². The first-order valence-electron chi connectivity index (χ1n) is 11.0. The van der Waals surface area contributed by atoms with E-state index in [9.17, 15) is 0 Å². The van der Waals surface area contributed by atoms with Crippen LogP contribution in [0.1, 0.15) is 34.7 Å². The van der Waals surface area contributed by atoms with Crippen molar-refractivity contribution < 1.29 is 4.42 Å². The number of pyridine rings is 1. The Morgan fingerprint density at radius 2 is 1.78 bits per heavy atom. The molecule has 0 amide bonds. The number of aromatic nitrogens is 1. The van der Waals surface area contributed by atoms with Gasteiger partial charge in [-0.15, -0.1) is 0 Å². The Morgan fingerprint density at radius 1 is 0.969 bits per heavy atom. The zero-order valence-electron chi connectivity index (χ0n) is 17.6. The molecule has 4 nitrogen and oxygen atoms in total. The molecule has 3 atom stereocenters. The van der Waals surface area contributed by atoms with Crippen molar-refractivity contribution in [1.82, 2.24) is 4.98 Å². The standard InChI is InChI=1S/C28H21N3O/c1-3-21-17-10-6-5-9-16(17)19-13-28(26(19)31-21)15-30-22(4-2)24-25-20(14-29-27(24)28)18-11-7-8-12-23(18)32-25/h3-12,14,19,26H,1-2,13,15H2. The Morgan fingerprint density at radius 3 is 2.66 bits per heavy atom. The van der Waals surface area contributed by atoms with Gasteiger partial charge in [-0.25, -0.2) is 0 Å².